The van der Waals surface area contributed by atoms with Crippen molar-refractivity contribution >= 4 is 16.9 Å². The van der Waals surface area contributed by atoms with Gasteiger partial charge in [0.25, 0.3) is 0 Å². The predicted molar refractivity (Wildman–Crippen MR) is 65.3 cm³/mol. The van der Waals surface area contributed by atoms with E-state index in [4.69, 9.17) is 5.11 Å². The highest BCUT2D eigenvalue weighted by molar-refractivity contribution is 5.83. The van der Waals surface area contributed by atoms with Crippen LogP contribution in [-0.4, -0.2) is 16.1 Å². The van der Waals surface area contributed by atoms with Crippen LogP contribution in [0.4, 0.5) is 0 Å². The van der Waals surface area contributed by atoms with Crippen molar-refractivity contribution in [2.24, 2.45) is 0 Å². The third kappa shape index (κ3) is 2.06. The van der Waals surface area contributed by atoms with Crippen LogP contribution in [0.5, 0.6) is 0 Å². The molecular formula is C13H13NO3. The Morgan fingerprint density at radius 2 is 2.12 bits per heavy atom. The molecule has 0 unspecified atom stereocenters. The minimum absolute atomic E-state index is 0.198. The summed E-state index contributed by atoms with van der Waals surface area (Å²) in [4.78, 5) is 25.7. The van der Waals surface area contributed by atoms with E-state index in [9.17, 15) is 9.59 Å². The number of aromatic amines is 1. The Morgan fingerprint density at radius 1 is 1.35 bits per heavy atom. The highest BCUT2D eigenvalue weighted by Gasteiger charge is 2.09. The lowest BCUT2D eigenvalue weighted by Crippen LogP contribution is -2.14. The van der Waals surface area contributed by atoms with Crippen molar-refractivity contribution in [3.63, 3.8) is 0 Å². The Bertz CT molecular complexity index is 628. The number of carboxylic acids is 1. The molecule has 1 aromatic carbocycles. The number of pyridine rings is 1. The van der Waals surface area contributed by atoms with Crippen molar-refractivity contribution < 1.29 is 9.90 Å². The minimum atomic E-state index is -0.999. The van der Waals surface area contributed by atoms with Crippen LogP contribution in [0.2, 0.25) is 0 Å². The van der Waals surface area contributed by atoms with Gasteiger partial charge in [-0.15, -0.1) is 0 Å². The first kappa shape index (κ1) is 11.4. The second-order valence-electron chi connectivity index (χ2n) is 3.91. The molecule has 4 nitrogen and oxygen atoms in total. The molecule has 0 spiro atoms. The van der Waals surface area contributed by atoms with Gasteiger partial charge in [0.1, 0.15) is 0 Å². The summed E-state index contributed by atoms with van der Waals surface area (Å²) in [6.07, 6.45) is 2.07. The molecule has 0 aliphatic rings. The van der Waals surface area contributed by atoms with Crippen molar-refractivity contribution in [2.75, 3.05) is 0 Å². The van der Waals surface area contributed by atoms with Gasteiger partial charge >= 0.3 is 5.97 Å². The SMILES string of the molecule is CCc1cccc2c(=O)c(CC(=O)O)c[nH]c12. The molecular weight excluding hydrogens is 218 g/mol. The summed E-state index contributed by atoms with van der Waals surface area (Å²) in [7, 11) is 0. The van der Waals surface area contributed by atoms with Gasteiger partial charge < -0.3 is 10.1 Å². The Morgan fingerprint density at radius 3 is 2.76 bits per heavy atom. The van der Waals surface area contributed by atoms with Gasteiger partial charge in [-0.2, -0.15) is 0 Å². The molecule has 4 heteroatoms. The van der Waals surface area contributed by atoms with Gasteiger partial charge in [0.15, 0.2) is 5.43 Å². The molecule has 2 N–H and O–H groups in total. The van der Waals surface area contributed by atoms with Gasteiger partial charge in [0.05, 0.1) is 11.9 Å². The molecule has 1 heterocycles. The Balaban J connectivity index is 2.68. The molecule has 0 aliphatic heterocycles. The quantitative estimate of drug-likeness (QED) is 0.844. The number of carbonyl (C=O) groups is 1. The van der Waals surface area contributed by atoms with Crippen LogP contribution >= 0.6 is 0 Å². The fraction of sp³-hybridized carbons (Fsp3) is 0.231. The zero-order valence-corrected chi connectivity index (χ0v) is 9.49. The fourth-order valence-electron chi connectivity index (χ4n) is 1.95. The third-order valence-electron chi connectivity index (χ3n) is 2.80. The lowest BCUT2D eigenvalue weighted by molar-refractivity contribution is -0.136. The molecule has 0 bridgehead atoms. The number of carboxylic acid groups (broad SMARTS) is 1. The number of hydrogen-bond acceptors (Lipinski definition) is 2. The van der Waals surface area contributed by atoms with E-state index < -0.39 is 5.97 Å². The molecule has 0 radical (unpaired) electrons. The van der Waals surface area contributed by atoms with Gasteiger partial charge in [0, 0.05) is 17.1 Å². The Hall–Kier alpha value is -2.10. The molecule has 0 amide bonds. The highest BCUT2D eigenvalue weighted by atomic mass is 16.4. The summed E-state index contributed by atoms with van der Waals surface area (Å²) in [6.45, 7) is 2.01. The topological polar surface area (TPSA) is 70.2 Å². The van der Waals surface area contributed by atoms with Gasteiger partial charge in [-0.25, -0.2) is 0 Å². The first-order chi connectivity index (χ1) is 8.13. The van der Waals surface area contributed by atoms with E-state index in [1.807, 2.05) is 19.1 Å². The number of para-hydroxylation sites is 1. The maximum Gasteiger partial charge on any atom is 0.308 e. The monoisotopic (exact) mass is 231 g/mol. The fourth-order valence-corrected chi connectivity index (χ4v) is 1.95. The zero-order chi connectivity index (χ0) is 12.4. The van der Waals surface area contributed by atoms with Crippen molar-refractivity contribution in [2.45, 2.75) is 19.8 Å². The second kappa shape index (κ2) is 4.41. The van der Waals surface area contributed by atoms with Gasteiger partial charge in [-0.1, -0.05) is 19.1 Å². The Labute approximate surface area is 97.9 Å². The minimum Gasteiger partial charge on any atom is -0.481 e. The Kier molecular flexibility index (Phi) is 2.95. The third-order valence-corrected chi connectivity index (χ3v) is 2.80. The number of aromatic nitrogens is 1. The summed E-state index contributed by atoms with van der Waals surface area (Å²) in [5, 5.41) is 9.27. The van der Waals surface area contributed by atoms with Gasteiger partial charge in [0.2, 0.25) is 0 Å². The van der Waals surface area contributed by atoms with Crippen LogP contribution in [-0.2, 0) is 17.6 Å². The van der Waals surface area contributed by atoms with E-state index in [0.29, 0.717) is 10.9 Å². The molecule has 1 aromatic heterocycles. The lowest BCUT2D eigenvalue weighted by Gasteiger charge is -2.05. The summed E-state index contributed by atoms with van der Waals surface area (Å²) < 4.78 is 0. The molecule has 0 saturated carbocycles. The van der Waals surface area contributed by atoms with Gasteiger partial charge in [-0.05, 0) is 18.1 Å². The van der Waals surface area contributed by atoms with E-state index in [2.05, 4.69) is 4.98 Å². The maximum absolute atomic E-state index is 12.0. The van der Waals surface area contributed by atoms with Crippen LogP contribution < -0.4 is 5.43 Å². The van der Waals surface area contributed by atoms with Crippen LogP contribution in [0, 0.1) is 0 Å². The first-order valence-corrected chi connectivity index (χ1v) is 5.47. The second-order valence-corrected chi connectivity index (χ2v) is 3.91. The molecule has 2 aromatic rings. The number of aryl methyl sites for hydroxylation is 1. The van der Waals surface area contributed by atoms with Crippen LogP contribution in [0.1, 0.15) is 18.1 Å². The predicted octanol–water partition coefficient (Wildman–Crippen LogP) is 1.72. The van der Waals surface area contributed by atoms with Crippen molar-refractivity contribution in [1.29, 1.82) is 0 Å². The molecule has 0 fully saturated rings. The van der Waals surface area contributed by atoms with E-state index >= 15 is 0 Å². The number of rotatable bonds is 3. The van der Waals surface area contributed by atoms with E-state index in [-0.39, 0.29) is 11.8 Å². The van der Waals surface area contributed by atoms with Crippen LogP contribution in [0.3, 0.4) is 0 Å². The smallest absolute Gasteiger partial charge is 0.308 e. The summed E-state index contributed by atoms with van der Waals surface area (Å²) in [6, 6.07) is 5.49. The first-order valence-electron chi connectivity index (χ1n) is 5.47. The number of aliphatic carboxylic acids is 1. The molecule has 17 heavy (non-hydrogen) atoms. The zero-order valence-electron chi connectivity index (χ0n) is 9.49. The van der Waals surface area contributed by atoms with E-state index in [1.165, 1.54) is 6.20 Å². The highest BCUT2D eigenvalue weighted by Crippen LogP contribution is 2.14. The van der Waals surface area contributed by atoms with Crippen LogP contribution in [0.25, 0.3) is 10.9 Å². The van der Waals surface area contributed by atoms with Crippen LogP contribution in [0.15, 0.2) is 29.2 Å². The molecule has 0 aliphatic carbocycles. The van der Waals surface area contributed by atoms with E-state index in [1.54, 1.807) is 6.07 Å². The normalized spacial score (nSPS) is 10.6. The number of H-pyrrole nitrogens is 1. The summed E-state index contributed by atoms with van der Waals surface area (Å²) in [5.74, 6) is -0.999. The molecule has 0 atom stereocenters. The number of benzene rings is 1. The summed E-state index contributed by atoms with van der Waals surface area (Å²) >= 11 is 0. The number of nitrogens with one attached hydrogen (secondary N) is 1. The van der Waals surface area contributed by atoms with Crippen molar-refractivity contribution in [3.8, 4) is 0 Å². The van der Waals surface area contributed by atoms with E-state index in [0.717, 1.165) is 17.5 Å². The maximum atomic E-state index is 12.0. The average molecular weight is 231 g/mol. The van der Waals surface area contributed by atoms with Crippen molar-refractivity contribution in [1.82, 2.24) is 4.98 Å². The molecule has 0 saturated heterocycles. The summed E-state index contributed by atoms with van der Waals surface area (Å²) in [5.41, 5.74) is 1.95. The van der Waals surface area contributed by atoms with Crippen molar-refractivity contribution in [3.05, 3.63) is 45.7 Å². The average Bonchev–Trinajstić information content (AvgIpc) is 2.31. The molecule has 2 rings (SSSR count). The number of hydrogen-bond donors (Lipinski definition) is 2. The largest absolute Gasteiger partial charge is 0.481 e. The molecule has 88 valence electrons. The van der Waals surface area contributed by atoms with Gasteiger partial charge in [-0.3, -0.25) is 9.59 Å². The standard InChI is InChI=1S/C13H13NO3/c1-2-8-4-3-5-10-12(8)14-7-9(13(10)17)6-11(15)16/h3-5,7H,2,6H2,1H3,(H,14,17)(H,15,16). The number of fused-ring (bicyclic) bond motifs is 1. The lowest BCUT2D eigenvalue weighted by atomic mass is 10.0.